The number of aromatic nitrogens is 1. The number of thiazole rings is 1. The standard InChI is InChI=1S/C45H28N2OS/c1-2-13-36(14-3-1)47(37-23-21-31(22-24-37)34-19-17-29-9-4-6-11-32(29)25-34)40-15-8-16-41-44(40)38-27-43-39(28-42(38)48-41)46-45(49-43)35-20-18-30-10-5-7-12-33(30)26-35/h1-28H. The molecule has 8 aromatic carbocycles. The fourth-order valence-corrected chi connectivity index (χ4v) is 8.02. The quantitative estimate of drug-likeness (QED) is 0.187. The summed E-state index contributed by atoms with van der Waals surface area (Å²) in [7, 11) is 0. The number of anilines is 3. The normalized spacial score (nSPS) is 11.7. The zero-order valence-electron chi connectivity index (χ0n) is 26.4. The van der Waals surface area contributed by atoms with Crippen molar-refractivity contribution in [2.45, 2.75) is 0 Å². The molecule has 0 amide bonds. The molecule has 0 fully saturated rings. The third-order valence-electron chi connectivity index (χ3n) is 9.44. The molecule has 0 spiro atoms. The molecular formula is C45H28N2OS. The van der Waals surface area contributed by atoms with Crippen molar-refractivity contribution < 1.29 is 4.42 Å². The largest absolute Gasteiger partial charge is 0.456 e. The molecule has 0 saturated heterocycles. The second-order valence-electron chi connectivity index (χ2n) is 12.4. The van der Waals surface area contributed by atoms with Crippen LogP contribution in [0.25, 0.3) is 75.4 Å². The molecule has 0 aliphatic heterocycles. The van der Waals surface area contributed by atoms with Crippen molar-refractivity contribution in [2.75, 3.05) is 4.90 Å². The second kappa shape index (κ2) is 11.2. The highest BCUT2D eigenvalue weighted by Gasteiger charge is 2.20. The van der Waals surface area contributed by atoms with Crippen LogP contribution < -0.4 is 4.90 Å². The van der Waals surface area contributed by atoms with Crippen LogP contribution in [0.15, 0.2) is 174 Å². The summed E-state index contributed by atoms with van der Waals surface area (Å²) >= 11 is 1.73. The maximum absolute atomic E-state index is 6.55. The van der Waals surface area contributed by atoms with Gasteiger partial charge < -0.3 is 9.32 Å². The van der Waals surface area contributed by atoms with Gasteiger partial charge in [-0.3, -0.25) is 0 Å². The van der Waals surface area contributed by atoms with Gasteiger partial charge in [0.1, 0.15) is 16.2 Å². The molecule has 0 aliphatic carbocycles. The van der Waals surface area contributed by atoms with E-state index in [1.807, 2.05) is 0 Å². The molecule has 2 heterocycles. The van der Waals surface area contributed by atoms with E-state index in [-0.39, 0.29) is 0 Å². The average molecular weight is 645 g/mol. The van der Waals surface area contributed by atoms with E-state index < -0.39 is 0 Å². The van der Waals surface area contributed by atoms with Gasteiger partial charge in [-0.25, -0.2) is 4.98 Å². The Morgan fingerprint density at radius 1 is 0.469 bits per heavy atom. The van der Waals surface area contributed by atoms with Gasteiger partial charge in [-0.2, -0.15) is 0 Å². The van der Waals surface area contributed by atoms with Crippen molar-refractivity contribution in [2.24, 2.45) is 0 Å². The fourth-order valence-electron chi connectivity index (χ4n) is 7.04. The van der Waals surface area contributed by atoms with Crippen LogP contribution in [0.4, 0.5) is 17.1 Å². The Bertz CT molecular complexity index is 2830. The van der Waals surface area contributed by atoms with E-state index in [2.05, 4.69) is 175 Å². The maximum atomic E-state index is 6.55. The van der Waals surface area contributed by atoms with Gasteiger partial charge in [0.05, 0.1) is 21.3 Å². The van der Waals surface area contributed by atoms with Crippen LogP contribution in [0.3, 0.4) is 0 Å². The molecule has 0 N–H and O–H groups in total. The van der Waals surface area contributed by atoms with Gasteiger partial charge in [0.2, 0.25) is 0 Å². The molecule has 2 aromatic heterocycles. The zero-order valence-corrected chi connectivity index (χ0v) is 27.2. The highest BCUT2D eigenvalue weighted by atomic mass is 32.1. The first-order valence-electron chi connectivity index (χ1n) is 16.4. The Balaban J connectivity index is 1.10. The summed E-state index contributed by atoms with van der Waals surface area (Å²) in [6.45, 7) is 0. The van der Waals surface area contributed by atoms with Crippen LogP contribution in [0, 0.1) is 0 Å². The molecular weight excluding hydrogens is 617 g/mol. The smallest absolute Gasteiger partial charge is 0.137 e. The lowest BCUT2D eigenvalue weighted by molar-refractivity contribution is 0.669. The van der Waals surface area contributed by atoms with Gasteiger partial charge in [0.25, 0.3) is 0 Å². The Morgan fingerprint density at radius 2 is 1.10 bits per heavy atom. The van der Waals surface area contributed by atoms with E-state index >= 15 is 0 Å². The number of para-hydroxylation sites is 1. The number of rotatable bonds is 5. The molecule has 0 saturated carbocycles. The first-order valence-corrected chi connectivity index (χ1v) is 17.3. The van der Waals surface area contributed by atoms with E-state index in [0.717, 1.165) is 59.8 Å². The minimum absolute atomic E-state index is 0.838. The van der Waals surface area contributed by atoms with Crippen LogP contribution in [0.1, 0.15) is 0 Å². The van der Waals surface area contributed by atoms with Gasteiger partial charge in [-0.05, 0) is 87.3 Å². The van der Waals surface area contributed by atoms with Crippen LogP contribution in [0.5, 0.6) is 0 Å². The molecule has 230 valence electrons. The number of furan rings is 1. The second-order valence-corrected chi connectivity index (χ2v) is 13.5. The van der Waals surface area contributed by atoms with E-state index in [1.54, 1.807) is 11.3 Å². The minimum Gasteiger partial charge on any atom is -0.456 e. The van der Waals surface area contributed by atoms with Crippen LogP contribution in [-0.4, -0.2) is 4.98 Å². The van der Waals surface area contributed by atoms with E-state index in [0.29, 0.717) is 0 Å². The Morgan fingerprint density at radius 3 is 1.86 bits per heavy atom. The minimum atomic E-state index is 0.838. The monoisotopic (exact) mass is 644 g/mol. The van der Waals surface area contributed by atoms with E-state index in [1.165, 1.54) is 32.7 Å². The predicted molar refractivity (Wildman–Crippen MR) is 207 cm³/mol. The maximum Gasteiger partial charge on any atom is 0.137 e. The molecule has 0 radical (unpaired) electrons. The molecule has 0 aliphatic rings. The Hall–Kier alpha value is -6.23. The first kappa shape index (κ1) is 27.8. The molecule has 4 heteroatoms. The van der Waals surface area contributed by atoms with Crippen molar-refractivity contribution in [1.29, 1.82) is 0 Å². The number of hydrogen-bond donors (Lipinski definition) is 0. The summed E-state index contributed by atoms with van der Waals surface area (Å²) in [5, 5.41) is 8.12. The highest BCUT2D eigenvalue weighted by Crippen LogP contribution is 2.45. The van der Waals surface area contributed by atoms with Crippen molar-refractivity contribution in [3.05, 3.63) is 170 Å². The Labute approximate surface area is 286 Å². The van der Waals surface area contributed by atoms with Crippen LogP contribution in [-0.2, 0) is 0 Å². The lowest BCUT2D eigenvalue weighted by Gasteiger charge is -2.26. The lowest BCUT2D eigenvalue weighted by Crippen LogP contribution is -2.10. The summed E-state index contributed by atoms with van der Waals surface area (Å²) in [6.07, 6.45) is 0. The predicted octanol–water partition coefficient (Wildman–Crippen LogP) is 13.3. The summed E-state index contributed by atoms with van der Waals surface area (Å²) in [5.41, 5.74) is 9.39. The number of nitrogens with zero attached hydrogens (tertiary/aromatic N) is 2. The third-order valence-corrected chi connectivity index (χ3v) is 10.5. The van der Waals surface area contributed by atoms with E-state index in [9.17, 15) is 0 Å². The molecule has 10 aromatic rings. The summed E-state index contributed by atoms with van der Waals surface area (Å²) in [6, 6.07) is 60.4. The lowest BCUT2D eigenvalue weighted by atomic mass is 10.0. The van der Waals surface area contributed by atoms with Gasteiger partial charge in [-0.1, -0.05) is 109 Å². The molecule has 49 heavy (non-hydrogen) atoms. The van der Waals surface area contributed by atoms with Gasteiger partial charge in [0.15, 0.2) is 0 Å². The van der Waals surface area contributed by atoms with Crippen molar-refractivity contribution in [3.63, 3.8) is 0 Å². The Kier molecular flexibility index (Phi) is 6.36. The first-order chi connectivity index (χ1) is 24.2. The SMILES string of the molecule is c1ccc(N(c2ccc(-c3ccc4ccccc4c3)cc2)c2cccc3oc4cc5nc(-c6ccc7ccccc7c6)sc5cc4c23)cc1. The average Bonchev–Trinajstić information content (AvgIpc) is 3.75. The third kappa shape index (κ3) is 4.76. The molecule has 0 bridgehead atoms. The molecule has 0 unspecified atom stereocenters. The van der Waals surface area contributed by atoms with Crippen LogP contribution in [0.2, 0.25) is 0 Å². The molecule has 10 rings (SSSR count). The topological polar surface area (TPSA) is 29.3 Å². The summed E-state index contributed by atoms with van der Waals surface area (Å²) in [4.78, 5) is 7.39. The highest BCUT2D eigenvalue weighted by molar-refractivity contribution is 7.21. The van der Waals surface area contributed by atoms with Crippen molar-refractivity contribution in [3.8, 4) is 21.7 Å². The molecule has 0 atom stereocenters. The van der Waals surface area contributed by atoms with Crippen molar-refractivity contribution >= 4 is 82.1 Å². The molecule has 3 nitrogen and oxygen atoms in total. The van der Waals surface area contributed by atoms with Crippen LogP contribution >= 0.6 is 11.3 Å². The van der Waals surface area contributed by atoms with E-state index in [4.69, 9.17) is 9.40 Å². The van der Waals surface area contributed by atoms with Gasteiger partial charge in [-0.15, -0.1) is 11.3 Å². The number of hydrogen-bond acceptors (Lipinski definition) is 4. The fraction of sp³-hybridized carbons (Fsp3) is 0. The summed E-state index contributed by atoms with van der Waals surface area (Å²) in [5.74, 6) is 0. The number of benzene rings is 8. The van der Waals surface area contributed by atoms with Crippen molar-refractivity contribution in [1.82, 2.24) is 4.98 Å². The van der Waals surface area contributed by atoms with Gasteiger partial charge in [0, 0.05) is 28.4 Å². The summed E-state index contributed by atoms with van der Waals surface area (Å²) < 4.78 is 7.68. The zero-order chi connectivity index (χ0) is 32.3. The number of fused-ring (bicyclic) bond motifs is 6. The van der Waals surface area contributed by atoms with Gasteiger partial charge >= 0.3 is 0 Å².